The fraction of sp³-hybridized carbons (Fsp3) is 0.208. The van der Waals surface area contributed by atoms with E-state index in [9.17, 15) is 13.2 Å². The Morgan fingerprint density at radius 2 is 1.31 bits per heavy atom. The van der Waals surface area contributed by atoms with Gasteiger partial charge < -0.3 is 0 Å². The lowest BCUT2D eigenvalue weighted by atomic mass is 9.85. The fourth-order valence-electron chi connectivity index (χ4n) is 3.72. The maximum atomic E-state index is 13.3. The van der Waals surface area contributed by atoms with Crippen LogP contribution >= 0.6 is 0 Å². The van der Waals surface area contributed by atoms with Gasteiger partial charge >= 0.3 is 0 Å². The summed E-state index contributed by atoms with van der Waals surface area (Å²) in [6.45, 7) is 6.38. The summed E-state index contributed by atoms with van der Waals surface area (Å²) < 4.78 is 27.7. The number of amides is 1. The zero-order valence-electron chi connectivity index (χ0n) is 16.7. The van der Waals surface area contributed by atoms with E-state index >= 15 is 0 Å². The molecule has 5 heteroatoms. The molecular formula is C24H23NO3S. The van der Waals surface area contributed by atoms with Crippen LogP contribution in [-0.2, 0) is 15.4 Å². The normalized spacial score (nSPS) is 16.5. The van der Waals surface area contributed by atoms with Crippen molar-refractivity contribution in [3.63, 3.8) is 0 Å². The van der Waals surface area contributed by atoms with Crippen molar-refractivity contribution in [2.24, 2.45) is 0 Å². The van der Waals surface area contributed by atoms with Gasteiger partial charge in [-0.15, -0.1) is 0 Å². The molecule has 1 amide bonds. The Morgan fingerprint density at radius 1 is 0.759 bits per heavy atom. The van der Waals surface area contributed by atoms with Crippen LogP contribution in [0.15, 0.2) is 83.8 Å². The maximum Gasteiger partial charge on any atom is 0.269 e. The van der Waals surface area contributed by atoms with Gasteiger partial charge in [0.2, 0.25) is 0 Å². The highest BCUT2D eigenvalue weighted by molar-refractivity contribution is 7.90. The van der Waals surface area contributed by atoms with Crippen LogP contribution in [0.2, 0.25) is 0 Å². The van der Waals surface area contributed by atoms with Crippen molar-refractivity contribution in [1.29, 1.82) is 0 Å². The van der Waals surface area contributed by atoms with Crippen LogP contribution < -0.4 is 0 Å². The molecule has 1 aliphatic rings. The van der Waals surface area contributed by atoms with Crippen LogP contribution in [-0.4, -0.2) is 18.6 Å². The molecule has 0 fully saturated rings. The lowest BCUT2D eigenvalue weighted by molar-refractivity contribution is 0.0846. The van der Waals surface area contributed by atoms with E-state index in [1.807, 2.05) is 54.6 Å². The van der Waals surface area contributed by atoms with E-state index in [2.05, 4.69) is 20.8 Å². The molecular weight excluding hydrogens is 382 g/mol. The molecule has 0 aliphatic carbocycles. The molecule has 29 heavy (non-hydrogen) atoms. The van der Waals surface area contributed by atoms with E-state index in [1.165, 1.54) is 6.07 Å². The number of nitrogens with zero attached hydrogens (tertiary/aromatic N) is 1. The Labute approximate surface area is 171 Å². The van der Waals surface area contributed by atoms with Gasteiger partial charge in [0.05, 0.1) is 11.6 Å². The highest BCUT2D eigenvalue weighted by Crippen LogP contribution is 2.40. The summed E-state index contributed by atoms with van der Waals surface area (Å²) in [6, 6.07) is 22.8. The third-order valence-electron chi connectivity index (χ3n) is 5.30. The van der Waals surface area contributed by atoms with Crippen LogP contribution in [0.5, 0.6) is 0 Å². The second-order valence-corrected chi connectivity index (χ2v) is 10.1. The van der Waals surface area contributed by atoms with Gasteiger partial charge in [-0.3, -0.25) is 4.79 Å². The summed E-state index contributed by atoms with van der Waals surface area (Å²) >= 11 is 0. The molecule has 3 aromatic rings. The van der Waals surface area contributed by atoms with Crippen molar-refractivity contribution >= 4 is 15.9 Å². The number of hydrogen-bond acceptors (Lipinski definition) is 3. The van der Waals surface area contributed by atoms with Gasteiger partial charge in [-0.1, -0.05) is 87.5 Å². The average Bonchev–Trinajstić information content (AvgIpc) is 2.90. The number of benzene rings is 3. The van der Waals surface area contributed by atoms with E-state index in [4.69, 9.17) is 0 Å². The van der Waals surface area contributed by atoms with Gasteiger partial charge in [0, 0.05) is 0 Å². The first kappa shape index (κ1) is 19.4. The molecule has 1 heterocycles. The van der Waals surface area contributed by atoms with Gasteiger partial charge in [0.1, 0.15) is 4.90 Å². The molecule has 0 saturated heterocycles. The fourth-order valence-corrected chi connectivity index (χ4v) is 5.46. The van der Waals surface area contributed by atoms with Gasteiger partial charge in [0.25, 0.3) is 15.9 Å². The molecule has 1 atom stereocenters. The van der Waals surface area contributed by atoms with Gasteiger partial charge in [-0.2, -0.15) is 0 Å². The second-order valence-electron chi connectivity index (χ2n) is 8.29. The summed E-state index contributed by atoms with van der Waals surface area (Å²) in [7, 11) is -3.95. The van der Waals surface area contributed by atoms with E-state index in [1.54, 1.807) is 18.2 Å². The highest BCUT2D eigenvalue weighted by atomic mass is 32.2. The molecule has 0 aromatic heterocycles. The smallest absolute Gasteiger partial charge is 0.268 e. The van der Waals surface area contributed by atoms with Crippen LogP contribution in [0.1, 0.15) is 53.9 Å². The molecule has 1 unspecified atom stereocenters. The van der Waals surface area contributed by atoms with Crippen LogP contribution in [0, 0.1) is 0 Å². The Balaban J connectivity index is 1.89. The molecule has 4 rings (SSSR count). The molecule has 3 aromatic carbocycles. The third-order valence-corrected chi connectivity index (χ3v) is 7.10. The first-order valence-corrected chi connectivity index (χ1v) is 11.0. The molecule has 0 saturated carbocycles. The number of rotatable bonds is 3. The number of carbonyl (C=O) groups is 1. The predicted octanol–water partition coefficient (Wildman–Crippen LogP) is 4.92. The molecule has 1 aliphatic heterocycles. The second kappa shape index (κ2) is 6.85. The van der Waals surface area contributed by atoms with Gasteiger partial charge in [0.15, 0.2) is 0 Å². The predicted molar refractivity (Wildman–Crippen MR) is 113 cm³/mol. The summed E-state index contributed by atoms with van der Waals surface area (Å²) in [4.78, 5) is 13.2. The summed E-state index contributed by atoms with van der Waals surface area (Å²) in [6.07, 6.45) is 0. The largest absolute Gasteiger partial charge is 0.269 e. The van der Waals surface area contributed by atoms with Crippen molar-refractivity contribution in [2.75, 3.05) is 0 Å². The average molecular weight is 406 g/mol. The Kier molecular flexibility index (Phi) is 4.58. The number of sulfonamides is 1. The Bertz CT molecular complexity index is 1160. The first-order chi connectivity index (χ1) is 13.7. The van der Waals surface area contributed by atoms with Crippen molar-refractivity contribution in [1.82, 2.24) is 4.31 Å². The van der Waals surface area contributed by atoms with Gasteiger partial charge in [-0.05, 0) is 34.2 Å². The number of fused-ring (bicyclic) bond motifs is 1. The minimum absolute atomic E-state index is 0.0213. The number of hydrogen-bond donors (Lipinski definition) is 0. The summed E-state index contributed by atoms with van der Waals surface area (Å²) in [5.74, 6) is -0.491. The molecule has 0 radical (unpaired) electrons. The van der Waals surface area contributed by atoms with Crippen molar-refractivity contribution < 1.29 is 13.2 Å². The third kappa shape index (κ3) is 3.25. The van der Waals surface area contributed by atoms with Crippen LogP contribution in [0.25, 0.3) is 0 Å². The molecule has 148 valence electrons. The van der Waals surface area contributed by atoms with Crippen LogP contribution in [0.3, 0.4) is 0 Å². The highest BCUT2D eigenvalue weighted by Gasteiger charge is 2.45. The lowest BCUT2D eigenvalue weighted by Crippen LogP contribution is -2.35. The van der Waals surface area contributed by atoms with E-state index in [0.717, 1.165) is 21.0 Å². The van der Waals surface area contributed by atoms with Crippen molar-refractivity contribution in [3.8, 4) is 0 Å². The maximum absolute atomic E-state index is 13.3. The summed E-state index contributed by atoms with van der Waals surface area (Å²) in [5.41, 5.74) is 2.85. The Hall–Kier alpha value is -2.92. The molecule has 4 nitrogen and oxygen atoms in total. The zero-order chi connectivity index (χ0) is 20.8. The first-order valence-electron chi connectivity index (χ1n) is 9.54. The molecule has 0 bridgehead atoms. The van der Waals surface area contributed by atoms with E-state index in [-0.39, 0.29) is 15.9 Å². The minimum atomic E-state index is -3.95. The van der Waals surface area contributed by atoms with Crippen molar-refractivity contribution in [3.05, 3.63) is 101 Å². The van der Waals surface area contributed by atoms with Crippen LogP contribution in [0.4, 0.5) is 0 Å². The minimum Gasteiger partial charge on any atom is -0.268 e. The lowest BCUT2D eigenvalue weighted by Gasteiger charge is -2.28. The SMILES string of the molecule is CC(C)(C)c1ccc(C(c2ccccc2)N2C(=O)c3ccccc3S2(=O)=O)cc1. The Morgan fingerprint density at radius 3 is 1.90 bits per heavy atom. The van der Waals surface area contributed by atoms with E-state index < -0.39 is 22.0 Å². The monoisotopic (exact) mass is 405 g/mol. The molecule has 0 N–H and O–H groups in total. The quantitative estimate of drug-likeness (QED) is 0.622. The summed E-state index contributed by atoms with van der Waals surface area (Å²) in [5, 5.41) is 0. The van der Waals surface area contributed by atoms with E-state index in [0.29, 0.717) is 0 Å². The number of carbonyl (C=O) groups excluding carboxylic acids is 1. The molecule has 0 spiro atoms. The topological polar surface area (TPSA) is 54.5 Å². The zero-order valence-corrected chi connectivity index (χ0v) is 17.5. The van der Waals surface area contributed by atoms with Crippen molar-refractivity contribution in [2.45, 2.75) is 37.1 Å². The van der Waals surface area contributed by atoms with Gasteiger partial charge in [-0.25, -0.2) is 12.7 Å². The standard InChI is InChI=1S/C24H23NO3S/c1-24(2,3)19-15-13-18(14-16-19)22(17-9-5-4-6-10-17)25-23(26)20-11-7-8-12-21(20)29(25,27)28/h4-16,22H,1-3H3.